The molecular weight excluding hydrogens is 286 g/mol. The first-order valence-electron chi connectivity index (χ1n) is 6.57. The van der Waals surface area contributed by atoms with Gasteiger partial charge in [-0.1, -0.05) is 0 Å². The van der Waals surface area contributed by atoms with Gasteiger partial charge in [0.25, 0.3) is 5.91 Å². The predicted octanol–water partition coefficient (Wildman–Crippen LogP) is 2.66. The van der Waals surface area contributed by atoms with Crippen molar-refractivity contribution in [1.82, 2.24) is 14.8 Å². The number of pyridine rings is 1. The normalized spacial score (nSPS) is 11.0. The SMILES string of the molecule is CCn1cc(NC(=O)c2sc3nccc(C)c3c2N)cn1. The summed E-state index contributed by atoms with van der Waals surface area (Å²) in [5, 5.41) is 7.80. The van der Waals surface area contributed by atoms with E-state index in [1.165, 1.54) is 11.3 Å². The van der Waals surface area contributed by atoms with E-state index in [4.69, 9.17) is 5.73 Å². The van der Waals surface area contributed by atoms with Gasteiger partial charge in [0.15, 0.2) is 0 Å². The molecule has 3 N–H and O–H groups in total. The molecule has 0 aliphatic rings. The Morgan fingerprint density at radius 2 is 2.33 bits per heavy atom. The van der Waals surface area contributed by atoms with Crippen molar-refractivity contribution < 1.29 is 4.79 Å². The largest absolute Gasteiger partial charge is 0.397 e. The number of nitrogens with one attached hydrogen (secondary N) is 1. The molecule has 0 atom stereocenters. The first-order chi connectivity index (χ1) is 10.1. The smallest absolute Gasteiger partial charge is 0.268 e. The van der Waals surface area contributed by atoms with Crippen LogP contribution < -0.4 is 11.1 Å². The quantitative estimate of drug-likeness (QED) is 0.778. The Labute approximate surface area is 125 Å². The molecule has 0 radical (unpaired) electrons. The Bertz CT molecular complexity index is 820. The van der Waals surface area contributed by atoms with E-state index in [0.29, 0.717) is 16.3 Å². The number of nitrogens with two attached hydrogens (primary N) is 1. The molecule has 108 valence electrons. The van der Waals surface area contributed by atoms with Crippen molar-refractivity contribution in [3.63, 3.8) is 0 Å². The Balaban J connectivity index is 1.94. The van der Waals surface area contributed by atoms with Gasteiger partial charge in [0.2, 0.25) is 0 Å². The Hall–Kier alpha value is -2.41. The fourth-order valence-electron chi connectivity index (χ4n) is 2.16. The van der Waals surface area contributed by atoms with Gasteiger partial charge >= 0.3 is 0 Å². The number of hydrogen-bond donors (Lipinski definition) is 2. The molecule has 3 rings (SSSR count). The summed E-state index contributed by atoms with van der Waals surface area (Å²) in [5.41, 5.74) is 8.28. The minimum atomic E-state index is -0.231. The summed E-state index contributed by atoms with van der Waals surface area (Å²) < 4.78 is 1.75. The van der Waals surface area contributed by atoms with Crippen LogP contribution in [0.5, 0.6) is 0 Å². The fraction of sp³-hybridized carbons (Fsp3) is 0.214. The number of aromatic nitrogens is 3. The molecule has 0 aromatic carbocycles. The summed E-state index contributed by atoms with van der Waals surface area (Å²) in [7, 11) is 0. The van der Waals surface area contributed by atoms with Crippen molar-refractivity contribution in [2.75, 3.05) is 11.1 Å². The third kappa shape index (κ3) is 2.36. The summed E-state index contributed by atoms with van der Waals surface area (Å²) in [6.07, 6.45) is 5.12. The van der Waals surface area contributed by atoms with Gasteiger partial charge in [-0.25, -0.2) is 4.98 Å². The molecule has 3 aromatic heterocycles. The van der Waals surface area contributed by atoms with Crippen molar-refractivity contribution >= 4 is 38.8 Å². The molecular formula is C14H15N5OS. The summed E-state index contributed by atoms with van der Waals surface area (Å²) in [4.78, 5) is 17.9. The number of carbonyl (C=O) groups is 1. The number of nitrogen functional groups attached to an aromatic ring is 1. The molecule has 0 fully saturated rings. The molecule has 0 saturated carbocycles. The number of amides is 1. The van der Waals surface area contributed by atoms with Crippen LogP contribution in [0.15, 0.2) is 24.7 Å². The lowest BCUT2D eigenvalue weighted by molar-refractivity contribution is 0.103. The maximum Gasteiger partial charge on any atom is 0.268 e. The molecule has 0 unspecified atom stereocenters. The predicted molar refractivity (Wildman–Crippen MR) is 84.6 cm³/mol. The second-order valence-corrected chi connectivity index (χ2v) is 5.69. The monoisotopic (exact) mass is 301 g/mol. The highest BCUT2D eigenvalue weighted by molar-refractivity contribution is 7.21. The van der Waals surface area contributed by atoms with E-state index in [-0.39, 0.29) is 5.91 Å². The molecule has 0 saturated heterocycles. The second kappa shape index (κ2) is 5.17. The van der Waals surface area contributed by atoms with E-state index < -0.39 is 0 Å². The molecule has 21 heavy (non-hydrogen) atoms. The van der Waals surface area contributed by atoms with E-state index in [9.17, 15) is 4.79 Å². The number of thiophene rings is 1. The highest BCUT2D eigenvalue weighted by Gasteiger charge is 2.18. The number of carbonyl (C=O) groups excluding carboxylic acids is 1. The van der Waals surface area contributed by atoms with Gasteiger partial charge in [0.1, 0.15) is 9.71 Å². The van der Waals surface area contributed by atoms with Crippen LogP contribution in [0.1, 0.15) is 22.2 Å². The topological polar surface area (TPSA) is 85.8 Å². The van der Waals surface area contributed by atoms with E-state index in [1.807, 2.05) is 19.9 Å². The first-order valence-corrected chi connectivity index (χ1v) is 7.39. The van der Waals surface area contributed by atoms with Crippen LogP contribution in [0.25, 0.3) is 10.2 Å². The van der Waals surface area contributed by atoms with Crippen LogP contribution in [-0.4, -0.2) is 20.7 Å². The van der Waals surface area contributed by atoms with Gasteiger partial charge in [-0.15, -0.1) is 11.3 Å². The lowest BCUT2D eigenvalue weighted by atomic mass is 10.2. The average molecular weight is 301 g/mol. The highest BCUT2D eigenvalue weighted by atomic mass is 32.1. The van der Waals surface area contributed by atoms with Crippen LogP contribution in [0.4, 0.5) is 11.4 Å². The molecule has 6 nitrogen and oxygen atoms in total. The van der Waals surface area contributed by atoms with Crippen LogP contribution in [0.3, 0.4) is 0 Å². The average Bonchev–Trinajstić information content (AvgIpc) is 3.04. The molecule has 0 spiro atoms. The van der Waals surface area contributed by atoms with E-state index >= 15 is 0 Å². The van der Waals surface area contributed by atoms with Gasteiger partial charge in [-0.3, -0.25) is 9.48 Å². The third-order valence-electron chi connectivity index (χ3n) is 3.26. The van der Waals surface area contributed by atoms with E-state index in [0.717, 1.165) is 22.3 Å². The number of nitrogens with zero attached hydrogens (tertiary/aromatic N) is 3. The molecule has 0 bridgehead atoms. The van der Waals surface area contributed by atoms with Gasteiger partial charge in [-0.2, -0.15) is 5.10 Å². The fourth-order valence-corrected chi connectivity index (χ4v) is 3.20. The van der Waals surface area contributed by atoms with Crippen molar-refractivity contribution in [1.29, 1.82) is 0 Å². The van der Waals surface area contributed by atoms with Crippen LogP contribution in [-0.2, 0) is 6.54 Å². The summed E-state index contributed by atoms with van der Waals surface area (Å²) in [6.45, 7) is 4.70. The zero-order valence-corrected chi connectivity index (χ0v) is 12.6. The van der Waals surface area contributed by atoms with E-state index in [2.05, 4.69) is 15.4 Å². The van der Waals surface area contributed by atoms with Gasteiger partial charge in [-0.05, 0) is 25.5 Å². The highest BCUT2D eigenvalue weighted by Crippen LogP contribution is 2.34. The third-order valence-corrected chi connectivity index (χ3v) is 4.37. The Morgan fingerprint density at radius 1 is 1.52 bits per heavy atom. The maximum atomic E-state index is 12.4. The van der Waals surface area contributed by atoms with Crippen molar-refractivity contribution in [2.45, 2.75) is 20.4 Å². The molecule has 3 heterocycles. The zero-order chi connectivity index (χ0) is 15.0. The first kappa shape index (κ1) is 13.6. The number of rotatable bonds is 3. The summed E-state index contributed by atoms with van der Waals surface area (Å²) >= 11 is 1.30. The molecule has 3 aromatic rings. The van der Waals surface area contributed by atoms with Crippen molar-refractivity contribution in [2.24, 2.45) is 0 Å². The van der Waals surface area contributed by atoms with E-state index in [1.54, 1.807) is 23.3 Å². The van der Waals surface area contributed by atoms with Crippen molar-refractivity contribution in [3.8, 4) is 0 Å². The lowest BCUT2D eigenvalue weighted by Crippen LogP contribution is -2.11. The number of hydrogen-bond acceptors (Lipinski definition) is 5. The Morgan fingerprint density at radius 3 is 3.00 bits per heavy atom. The second-order valence-electron chi connectivity index (χ2n) is 4.69. The van der Waals surface area contributed by atoms with Crippen LogP contribution in [0.2, 0.25) is 0 Å². The maximum absolute atomic E-state index is 12.4. The molecule has 0 aliphatic heterocycles. The number of fused-ring (bicyclic) bond motifs is 1. The van der Waals surface area contributed by atoms with Crippen LogP contribution >= 0.6 is 11.3 Å². The van der Waals surface area contributed by atoms with Gasteiger partial charge < -0.3 is 11.1 Å². The standard InChI is InChI=1S/C14H15N5OS/c1-3-19-7-9(6-17-19)18-13(20)12-11(15)10-8(2)4-5-16-14(10)21-12/h4-7H,3,15H2,1-2H3,(H,18,20). The molecule has 0 aliphatic carbocycles. The molecule has 7 heteroatoms. The number of anilines is 2. The minimum absolute atomic E-state index is 0.231. The zero-order valence-electron chi connectivity index (χ0n) is 11.8. The minimum Gasteiger partial charge on any atom is -0.397 e. The lowest BCUT2D eigenvalue weighted by Gasteiger charge is -2.01. The Kier molecular flexibility index (Phi) is 3.34. The van der Waals surface area contributed by atoms with Crippen LogP contribution in [0, 0.1) is 6.92 Å². The summed E-state index contributed by atoms with van der Waals surface area (Å²) in [5.74, 6) is -0.231. The van der Waals surface area contributed by atoms with Gasteiger partial charge in [0.05, 0.1) is 17.6 Å². The molecule has 1 amide bonds. The van der Waals surface area contributed by atoms with Crippen molar-refractivity contribution in [3.05, 3.63) is 35.1 Å². The summed E-state index contributed by atoms with van der Waals surface area (Å²) in [6, 6.07) is 1.89. The van der Waals surface area contributed by atoms with Gasteiger partial charge in [0, 0.05) is 24.3 Å². The number of aryl methyl sites for hydroxylation is 2.